The number of alkyl halides is 3. The van der Waals surface area contributed by atoms with Gasteiger partial charge < -0.3 is 14.8 Å². The van der Waals surface area contributed by atoms with Crippen LogP contribution in [0, 0.1) is 0 Å². The summed E-state index contributed by atoms with van der Waals surface area (Å²) in [4.78, 5) is 24.0. The molecule has 190 valence electrons. The molecule has 0 unspecified atom stereocenters. The first-order chi connectivity index (χ1) is 17.7. The lowest BCUT2D eigenvalue weighted by Gasteiger charge is -2.20. The molecule has 1 heterocycles. The number of carbonyl (C=O) groups is 2. The van der Waals surface area contributed by atoms with Crippen molar-refractivity contribution in [2.24, 2.45) is 0 Å². The summed E-state index contributed by atoms with van der Waals surface area (Å²) in [5.74, 6) is 0.235. The monoisotopic (exact) mass is 508 g/mol. The van der Waals surface area contributed by atoms with Crippen LogP contribution < -0.4 is 15.4 Å². The lowest BCUT2D eigenvalue weighted by Crippen LogP contribution is -2.22. The molecule has 3 aromatic rings. The van der Waals surface area contributed by atoms with Gasteiger partial charge in [-0.3, -0.25) is 10.1 Å². The van der Waals surface area contributed by atoms with Crippen molar-refractivity contribution in [2.75, 3.05) is 17.2 Å². The van der Waals surface area contributed by atoms with Crippen LogP contribution in [0.5, 0.6) is 5.75 Å². The number of benzene rings is 3. The lowest BCUT2D eigenvalue weighted by atomic mass is 9.96. The first-order valence-corrected chi connectivity index (χ1v) is 11.4. The van der Waals surface area contributed by atoms with Gasteiger partial charge >= 0.3 is 12.3 Å². The molecule has 0 fully saturated rings. The second-order valence-corrected chi connectivity index (χ2v) is 7.99. The van der Waals surface area contributed by atoms with Gasteiger partial charge in [-0.15, -0.1) is 0 Å². The number of rotatable bonds is 7. The molecule has 1 aliphatic heterocycles. The van der Waals surface area contributed by atoms with Gasteiger partial charge in [-0.1, -0.05) is 42.5 Å². The van der Waals surface area contributed by atoms with Crippen molar-refractivity contribution in [1.82, 2.24) is 0 Å². The minimum atomic E-state index is -4.44. The summed E-state index contributed by atoms with van der Waals surface area (Å²) in [5.41, 5.74) is 2.84. The van der Waals surface area contributed by atoms with E-state index in [1.807, 2.05) is 6.92 Å². The number of hydrogen-bond acceptors (Lipinski definition) is 4. The zero-order valence-electron chi connectivity index (χ0n) is 19.8. The van der Waals surface area contributed by atoms with Crippen LogP contribution in [0.25, 0.3) is 5.57 Å². The zero-order valence-corrected chi connectivity index (χ0v) is 19.8. The van der Waals surface area contributed by atoms with E-state index in [0.29, 0.717) is 40.4 Å². The summed E-state index contributed by atoms with van der Waals surface area (Å²) >= 11 is 0. The fraction of sp³-hybridized carbons (Fsp3) is 0.143. The first kappa shape index (κ1) is 25.6. The predicted molar refractivity (Wildman–Crippen MR) is 134 cm³/mol. The Morgan fingerprint density at radius 1 is 1.05 bits per heavy atom. The number of cyclic esters (lactones) is 1. The molecule has 37 heavy (non-hydrogen) atoms. The van der Waals surface area contributed by atoms with Crippen LogP contribution in [0.1, 0.15) is 29.2 Å². The lowest BCUT2D eigenvalue weighted by molar-refractivity contribution is -0.137. The normalized spacial score (nSPS) is 13.5. The third-order valence-corrected chi connectivity index (χ3v) is 5.53. The maximum atomic E-state index is 13.0. The van der Waals surface area contributed by atoms with E-state index in [4.69, 9.17) is 9.47 Å². The van der Waals surface area contributed by atoms with Crippen molar-refractivity contribution in [3.8, 4) is 5.75 Å². The number of amides is 2. The summed E-state index contributed by atoms with van der Waals surface area (Å²) in [6, 6.07) is 17.1. The highest BCUT2D eigenvalue weighted by molar-refractivity contribution is 6.01. The molecular weight excluding hydrogens is 485 g/mol. The van der Waals surface area contributed by atoms with Gasteiger partial charge in [-0.2, -0.15) is 13.2 Å². The Morgan fingerprint density at radius 2 is 1.73 bits per heavy atom. The first-order valence-electron chi connectivity index (χ1n) is 11.4. The third-order valence-electron chi connectivity index (χ3n) is 5.53. The molecule has 0 radical (unpaired) electrons. The van der Waals surface area contributed by atoms with Crippen LogP contribution in [0.4, 0.5) is 29.3 Å². The average molecular weight is 508 g/mol. The summed E-state index contributed by atoms with van der Waals surface area (Å²) in [7, 11) is 0. The topological polar surface area (TPSA) is 76.7 Å². The second-order valence-electron chi connectivity index (χ2n) is 7.99. The van der Waals surface area contributed by atoms with E-state index in [1.54, 1.807) is 48.5 Å². The number of fused-ring (bicyclic) bond motifs is 1. The molecule has 2 N–H and O–H groups in total. The average Bonchev–Trinajstić information content (AvgIpc) is 2.87. The van der Waals surface area contributed by atoms with Crippen molar-refractivity contribution in [1.29, 1.82) is 0 Å². The van der Waals surface area contributed by atoms with Gasteiger partial charge in [0.05, 0.1) is 17.9 Å². The number of hydrogen-bond donors (Lipinski definition) is 2. The molecule has 4 rings (SSSR count). The van der Waals surface area contributed by atoms with Gasteiger partial charge in [0.25, 0.3) is 0 Å². The molecule has 0 saturated carbocycles. The van der Waals surface area contributed by atoms with Crippen molar-refractivity contribution >= 4 is 28.9 Å². The number of nitrogens with one attached hydrogen (secondary N) is 2. The van der Waals surface area contributed by atoms with Crippen LogP contribution in [0.3, 0.4) is 0 Å². The van der Waals surface area contributed by atoms with E-state index in [-0.39, 0.29) is 6.61 Å². The van der Waals surface area contributed by atoms with Crippen LogP contribution >= 0.6 is 0 Å². The molecule has 0 atom stereocenters. The van der Waals surface area contributed by atoms with Gasteiger partial charge in [-0.25, -0.2) is 4.79 Å². The van der Waals surface area contributed by atoms with Gasteiger partial charge in [0.1, 0.15) is 12.4 Å². The molecule has 9 heteroatoms. The predicted octanol–water partition coefficient (Wildman–Crippen LogP) is 6.79. The van der Waals surface area contributed by atoms with Gasteiger partial charge in [0.15, 0.2) is 0 Å². The third kappa shape index (κ3) is 6.38. The van der Waals surface area contributed by atoms with Gasteiger partial charge in [-0.05, 0) is 60.0 Å². The standard InChI is InChI=1S/C28H23F3N2O4/c1-2-36-21-15-11-19(12-16-21)22(18-9-13-20(14-10-18)28(29,30)31)5-3-8-26(34)32-24-6-4-7-25-23(24)17-37-27(35)33-25/h3-16H,2,17H2,1H3,(H,32,34)(H,33,35)/b8-3+,22-5+. The zero-order chi connectivity index (χ0) is 26.4. The fourth-order valence-corrected chi connectivity index (χ4v) is 3.76. The summed E-state index contributed by atoms with van der Waals surface area (Å²) in [5, 5.41) is 5.33. The summed E-state index contributed by atoms with van der Waals surface area (Å²) in [6.45, 7) is 2.39. The van der Waals surface area contributed by atoms with E-state index in [0.717, 1.165) is 17.7 Å². The van der Waals surface area contributed by atoms with Crippen LogP contribution in [0.15, 0.2) is 85.0 Å². The largest absolute Gasteiger partial charge is 0.494 e. The molecule has 6 nitrogen and oxygen atoms in total. The molecular formula is C28H23F3N2O4. The van der Waals surface area contributed by atoms with Gasteiger partial charge in [0.2, 0.25) is 5.91 Å². The van der Waals surface area contributed by atoms with E-state index in [2.05, 4.69) is 10.6 Å². The molecule has 0 spiro atoms. The molecule has 0 bridgehead atoms. The summed E-state index contributed by atoms with van der Waals surface area (Å²) in [6.07, 6.45) is -0.524. The Kier molecular flexibility index (Phi) is 7.62. The smallest absolute Gasteiger partial charge is 0.416 e. The molecule has 0 aliphatic carbocycles. The number of allylic oxidation sites excluding steroid dienone is 2. The number of halogens is 3. The highest BCUT2D eigenvalue weighted by atomic mass is 19.4. The van der Waals surface area contributed by atoms with Crippen molar-refractivity contribution in [2.45, 2.75) is 19.7 Å². The van der Waals surface area contributed by atoms with Gasteiger partial charge in [0, 0.05) is 17.3 Å². The van der Waals surface area contributed by atoms with Crippen LogP contribution in [-0.2, 0) is 22.3 Å². The molecule has 1 aliphatic rings. The van der Waals surface area contributed by atoms with Crippen molar-refractivity contribution in [3.63, 3.8) is 0 Å². The SMILES string of the molecule is CCOc1ccc(/C(=C/C=C/C(=O)Nc2cccc3c2COC(=O)N3)c2ccc(C(F)(F)F)cc2)cc1. The van der Waals surface area contributed by atoms with Crippen molar-refractivity contribution < 1.29 is 32.2 Å². The Labute approximate surface area is 211 Å². The number of anilines is 2. The number of carbonyl (C=O) groups excluding carboxylic acids is 2. The molecule has 2 amide bonds. The van der Waals surface area contributed by atoms with E-state index in [9.17, 15) is 22.8 Å². The van der Waals surface area contributed by atoms with Crippen molar-refractivity contribution in [3.05, 3.63) is 107 Å². The van der Waals surface area contributed by atoms with E-state index >= 15 is 0 Å². The summed E-state index contributed by atoms with van der Waals surface area (Å²) < 4.78 is 49.6. The minimum absolute atomic E-state index is 0.0248. The fourth-order valence-electron chi connectivity index (χ4n) is 3.76. The van der Waals surface area contributed by atoms with Crippen LogP contribution in [-0.4, -0.2) is 18.6 Å². The van der Waals surface area contributed by atoms with E-state index < -0.39 is 23.7 Å². The number of ether oxygens (including phenoxy) is 2. The maximum absolute atomic E-state index is 13.0. The van der Waals surface area contributed by atoms with Crippen LogP contribution in [0.2, 0.25) is 0 Å². The second kappa shape index (κ2) is 11.0. The Hall–Kier alpha value is -4.53. The molecule has 0 saturated heterocycles. The Morgan fingerprint density at radius 3 is 2.38 bits per heavy atom. The Bertz CT molecular complexity index is 1350. The maximum Gasteiger partial charge on any atom is 0.416 e. The van der Waals surface area contributed by atoms with E-state index in [1.165, 1.54) is 24.3 Å². The Balaban J connectivity index is 1.58. The molecule has 3 aromatic carbocycles. The molecule has 0 aromatic heterocycles. The quantitative estimate of drug-likeness (QED) is 0.272. The highest BCUT2D eigenvalue weighted by Gasteiger charge is 2.30. The minimum Gasteiger partial charge on any atom is -0.494 e. The highest BCUT2D eigenvalue weighted by Crippen LogP contribution is 2.32.